The topological polar surface area (TPSA) is 77.5 Å². The quantitative estimate of drug-likeness (QED) is 0.297. The zero-order valence-electron chi connectivity index (χ0n) is 24.6. The summed E-state index contributed by atoms with van der Waals surface area (Å²) >= 11 is 0. The summed E-state index contributed by atoms with van der Waals surface area (Å²) in [4.78, 5) is 13.9. The van der Waals surface area contributed by atoms with E-state index in [-0.39, 0.29) is 58.5 Å². The number of benzene rings is 1. The van der Waals surface area contributed by atoms with Crippen LogP contribution in [0.2, 0.25) is 0 Å². The predicted molar refractivity (Wildman–Crippen MR) is 148 cm³/mol. The Labute approximate surface area is 233 Å². The lowest BCUT2D eigenvalue weighted by Gasteiger charge is -2.67. The maximum Gasteiger partial charge on any atom is 0.338 e. The molecule has 1 aromatic carbocycles. The monoisotopic (exact) mass is 538 g/mol. The molecule has 1 aromatic rings. The van der Waals surface area contributed by atoms with E-state index in [9.17, 15) is 9.90 Å². The van der Waals surface area contributed by atoms with Crippen LogP contribution in [-0.4, -0.2) is 54.3 Å². The Morgan fingerprint density at radius 3 is 2.41 bits per heavy atom. The second-order valence-electron chi connectivity index (χ2n) is 14.6. The third-order valence-corrected chi connectivity index (χ3v) is 12.2. The molecule has 39 heavy (non-hydrogen) atoms. The molecule has 0 radical (unpaired) electrons. The van der Waals surface area contributed by atoms with Crippen LogP contribution in [0.15, 0.2) is 42.7 Å². The van der Waals surface area contributed by atoms with Crippen LogP contribution < -0.4 is 0 Å². The van der Waals surface area contributed by atoms with Gasteiger partial charge in [-0.15, -0.1) is 0 Å². The fraction of sp³-hybridized carbons (Fsp3) is 0.727. The molecular formula is C33H46O6. The number of hydrogen-bond acceptors (Lipinski definition) is 6. The van der Waals surface area contributed by atoms with Crippen molar-refractivity contribution in [2.24, 2.45) is 39.4 Å². The predicted octanol–water partition coefficient (Wildman–Crippen LogP) is 5.78. The Bertz CT molecular complexity index is 1150. The van der Waals surface area contributed by atoms with Gasteiger partial charge in [0, 0.05) is 34.5 Å². The average Bonchev–Trinajstić information content (AvgIpc) is 3.68. The van der Waals surface area contributed by atoms with Crippen molar-refractivity contribution in [1.82, 2.24) is 0 Å². The molecule has 5 aliphatic rings. The molecule has 5 fully saturated rings. The van der Waals surface area contributed by atoms with Crippen LogP contribution >= 0.6 is 0 Å². The molecule has 6 heteroatoms. The van der Waals surface area contributed by atoms with Gasteiger partial charge in [-0.05, 0) is 43.2 Å². The minimum atomic E-state index is -0.652. The average molecular weight is 539 g/mol. The Kier molecular flexibility index (Phi) is 6.16. The maximum absolute atomic E-state index is 13.9. The molecule has 6 nitrogen and oxygen atoms in total. The molecule has 2 aliphatic heterocycles. The first-order valence-corrected chi connectivity index (χ1v) is 14.8. The smallest absolute Gasteiger partial charge is 0.338 e. The van der Waals surface area contributed by atoms with Crippen molar-refractivity contribution < 1.29 is 28.8 Å². The van der Waals surface area contributed by atoms with E-state index < -0.39 is 17.6 Å². The third kappa shape index (κ3) is 3.66. The summed E-state index contributed by atoms with van der Waals surface area (Å²) in [6.07, 6.45) is 0.766. The lowest BCUT2D eigenvalue weighted by molar-refractivity contribution is -0.313. The Hall–Kier alpha value is -1.89. The molecule has 2 saturated heterocycles. The van der Waals surface area contributed by atoms with Gasteiger partial charge in [0.2, 0.25) is 0 Å². The van der Waals surface area contributed by atoms with Crippen LogP contribution in [0.25, 0.3) is 0 Å². The van der Waals surface area contributed by atoms with E-state index in [1.54, 1.807) is 0 Å². The molecule has 1 N–H and O–H groups in total. The van der Waals surface area contributed by atoms with E-state index in [1.807, 2.05) is 37.3 Å². The number of fused-ring (bicyclic) bond motifs is 7. The summed E-state index contributed by atoms with van der Waals surface area (Å²) in [6, 6.07) is 9.29. The lowest BCUT2D eigenvalue weighted by atomic mass is 9.42. The van der Waals surface area contributed by atoms with Gasteiger partial charge in [-0.25, -0.2) is 4.79 Å². The summed E-state index contributed by atoms with van der Waals surface area (Å²) in [7, 11) is 0. The first kappa shape index (κ1) is 27.3. The van der Waals surface area contributed by atoms with Crippen molar-refractivity contribution >= 4 is 5.97 Å². The van der Waals surface area contributed by atoms with Crippen molar-refractivity contribution in [2.75, 3.05) is 6.61 Å². The van der Waals surface area contributed by atoms with Crippen molar-refractivity contribution in [3.05, 3.63) is 48.2 Å². The van der Waals surface area contributed by atoms with Crippen LogP contribution in [0, 0.1) is 39.4 Å². The number of carbonyl (C=O) groups is 1. The largest absolute Gasteiger partial charge is 0.493 e. The molecule has 12 atom stereocenters. The van der Waals surface area contributed by atoms with Gasteiger partial charge in [0.25, 0.3) is 0 Å². The van der Waals surface area contributed by atoms with Crippen LogP contribution in [0.5, 0.6) is 0 Å². The molecule has 0 amide bonds. The van der Waals surface area contributed by atoms with E-state index >= 15 is 0 Å². The number of carbonyl (C=O) groups excluding carboxylic acids is 1. The molecule has 2 bridgehead atoms. The number of hydrogen-bond donors (Lipinski definition) is 1. The summed E-state index contributed by atoms with van der Waals surface area (Å²) in [5.41, 5.74) is -0.995. The number of esters is 1. The summed E-state index contributed by atoms with van der Waals surface area (Å²) in [6.45, 7) is 20.4. The molecule has 3 aliphatic carbocycles. The Morgan fingerprint density at radius 2 is 1.79 bits per heavy atom. The fourth-order valence-electron chi connectivity index (χ4n) is 9.64. The fourth-order valence-corrected chi connectivity index (χ4v) is 9.64. The summed E-state index contributed by atoms with van der Waals surface area (Å²) in [5, 5.41) is 11.9. The van der Waals surface area contributed by atoms with Gasteiger partial charge in [0.15, 0.2) is 0 Å². The first-order valence-electron chi connectivity index (χ1n) is 14.8. The Morgan fingerprint density at radius 1 is 1.10 bits per heavy atom. The van der Waals surface area contributed by atoms with E-state index in [1.165, 1.54) is 0 Å². The number of rotatable bonds is 4. The van der Waals surface area contributed by atoms with Gasteiger partial charge in [0.05, 0.1) is 36.2 Å². The molecule has 3 saturated carbocycles. The number of allylic oxidation sites excluding steroid dienone is 1. The first-order chi connectivity index (χ1) is 18.3. The molecule has 0 aromatic heterocycles. The Balaban J connectivity index is 1.56. The van der Waals surface area contributed by atoms with Crippen LogP contribution in [0.4, 0.5) is 0 Å². The highest BCUT2D eigenvalue weighted by molar-refractivity contribution is 5.89. The van der Waals surface area contributed by atoms with E-state index in [0.29, 0.717) is 30.3 Å². The molecule has 7 unspecified atom stereocenters. The lowest BCUT2D eigenvalue weighted by Crippen LogP contribution is -2.72. The molecule has 0 spiro atoms. The van der Waals surface area contributed by atoms with Crippen molar-refractivity contribution in [3.8, 4) is 0 Å². The van der Waals surface area contributed by atoms with Gasteiger partial charge < -0.3 is 24.1 Å². The molecule has 6 rings (SSSR count). The number of ether oxygens (including phenoxy) is 4. The van der Waals surface area contributed by atoms with Crippen LogP contribution in [0.1, 0.15) is 78.1 Å². The highest BCUT2D eigenvalue weighted by atomic mass is 16.6. The zero-order valence-corrected chi connectivity index (χ0v) is 24.6. The minimum Gasteiger partial charge on any atom is -0.493 e. The van der Waals surface area contributed by atoms with Crippen molar-refractivity contribution in [2.45, 2.75) is 104 Å². The number of aliphatic hydroxyl groups excluding tert-OH is 1. The second-order valence-corrected chi connectivity index (χ2v) is 14.6. The standard InChI is InChI=1S/C33H46O6/c1-18(2)37-24-23-19(3)14-15-32(7,30(23,4)5)28(39-29(35)20-12-10-9-11-13-20)26-31(6)17-36-22(31)16-21(34)33(26,8)27-25(24)38-27/h9-13,19,21-28,34H,1,14-17H2,2-8H3/t19?,21?,22?,23?,24?,25?,26-,27?,28-,31+,32-,33+/m0/s1. The third-order valence-electron chi connectivity index (χ3n) is 12.2. The highest BCUT2D eigenvalue weighted by Crippen LogP contribution is 2.71. The maximum atomic E-state index is 13.9. The van der Waals surface area contributed by atoms with Gasteiger partial charge in [-0.1, -0.05) is 66.3 Å². The zero-order chi connectivity index (χ0) is 28.1. The summed E-state index contributed by atoms with van der Waals surface area (Å²) < 4.78 is 26.1. The van der Waals surface area contributed by atoms with Gasteiger partial charge in [-0.2, -0.15) is 0 Å². The SMILES string of the molecule is C=C(C)OC1C2OC2[C@]2(C)C(O)CC3OC[C@@]3(C)[C@@H]2[C@H](OC(=O)c2ccccc2)[C@]2(C)CCC(C)C1C2(C)C. The van der Waals surface area contributed by atoms with E-state index in [0.717, 1.165) is 12.8 Å². The van der Waals surface area contributed by atoms with Crippen molar-refractivity contribution in [3.63, 3.8) is 0 Å². The molecule has 2 heterocycles. The second kappa shape index (κ2) is 8.80. The van der Waals surface area contributed by atoms with E-state index in [2.05, 4.69) is 48.1 Å². The molecular weight excluding hydrogens is 492 g/mol. The summed E-state index contributed by atoms with van der Waals surface area (Å²) in [5.74, 6) is 0.764. The number of aliphatic hydroxyl groups is 1. The van der Waals surface area contributed by atoms with Crippen LogP contribution in [-0.2, 0) is 18.9 Å². The highest BCUT2D eigenvalue weighted by Gasteiger charge is 2.77. The normalized spacial score (nSPS) is 49.4. The van der Waals surface area contributed by atoms with E-state index in [4.69, 9.17) is 18.9 Å². The minimum absolute atomic E-state index is 0.0751. The van der Waals surface area contributed by atoms with Crippen LogP contribution in [0.3, 0.4) is 0 Å². The van der Waals surface area contributed by atoms with Crippen molar-refractivity contribution in [1.29, 1.82) is 0 Å². The number of epoxide rings is 1. The van der Waals surface area contributed by atoms with Gasteiger partial charge in [-0.3, -0.25) is 0 Å². The van der Waals surface area contributed by atoms with Gasteiger partial charge in [0.1, 0.15) is 18.3 Å². The molecule has 214 valence electrons. The van der Waals surface area contributed by atoms with Gasteiger partial charge >= 0.3 is 5.97 Å².